The molecule has 2 rings (SSSR count). The van der Waals surface area contributed by atoms with E-state index >= 15 is 0 Å². The van der Waals surface area contributed by atoms with Crippen molar-refractivity contribution in [3.63, 3.8) is 0 Å². The SMILES string of the molecule is CC(C)(O)c1sccc1CN1C(=O)C(C)(C)C(C)(C)C1=O. The van der Waals surface area contributed by atoms with Gasteiger partial charge in [0.1, 0.15) is 0 Å². The van der Waals surface area contributed by atoms with Crippen LogP contribution in [0.2, 0.25) is 0 Å². The molecule has 116 valence electrons. The number of imide groups is 1. The summed E-state index contributed by atoms with van der Waals surface area (Å²) in [7, 11) is 0. The highest BCUT2D eigenvalue weighted by atomic mass is 32.1. The predicted molar refractivity (Wildman–Crippen MR) is 82.7 cm³/mol. The predicted octanol–water partition coefficient (Wildman–Crippen LogP) is 2.90. The molecule has 1 N–H and O–H groups in total. The van der Waals surface area contributed by atoms with E-state index in [0.29, 0.717) is 0 Å². The Morgan fingerprint density at radius 1 is 1.14 bits per heavy atom. The lowest BCUT2D eigenvalue weighted by atomic mass is 9.70. The molecule has 0 unspecified atom stereocenters. The molecule has 1 saturated heterocycles. The highest BCUT2D eigenvalue weighted by Crippen LogP contribution is 2.48. The van der Waals surface area contributed by atoms with Crippen LogP contribution in [0.25, 0.3) is 0 Å². The molecule has 0 aliphatic carbocycles. The van der Waals surface area contributed by atoms with Crippen LogP contribution in [0.15, 0.2) is 11.4 Å². The van der Waals surface area contributed by atoms with Crippen molar-refractivity contribution in [1.29, 1.82) is 0 Å². The number of rotatable bonds is 3. The van der Waals surface area contributed by atoms with Crippen molar-refractivity contribution in [2.75, 3.05) is 0 Å². The monoisotopic (exact) mass is 309 g/mol. The van der Waals surface area contributed by atoms with E-state index in [1.165, 1.54) is 16.2 Å². The highest BCUT2D eigenvalue weighted by molar-refractivity contribution is 7.10. The summed E-state index contributed by atoms with van der Waals surface area (Å²) < 4.78 is 0. The van der Waals surface area contributed by atoms with Gasteiger partial charge >= 0.3 is 0 Å². The van der Waals surface area contributed by atoms with Gasteiger partial charge in [-0.25, -0.2) is 0 Å². The van der Waals surface area contributed by atoms with Crippen LogP contribution in [0.5, 0.6) is 0 Å². The number of likely N-dealkylation sites (tertiary alicyclic amines) is 1. The number of aliphatic hydroxyl groups is 1. The highest BCUT2D eigenvalue weighted by Gasteiger charge is 2.59. The van der Waals surface area contributed by atoms with Gasteiger partial charge in [-0.15, -0.1) is 11.3 Å². The molecule has 1 aromatic rings. The van der Waals surface area contributed by atoms with Gasteiger partial charge in [0.25, 0.3) is 0 Å². The second kappa shape index (κ2) is 4.65. The third-order valence-corrected chi connectivity index (χ3v) is 6.02. The number of thiophene rings is 1. The van der Waals surface area contributed by atoms with E-state index in [0.717, 1.165) is 10.4 Å². The summed E-state index contributed by atoms with van der Waals surface area (Å²) in [5.74, 6) is -0.296. The van der Waals surface area contributed by atoms with Gasteiger partial charge < -0.3 is 5.11 Å². The first kappa shape index (κ1) is 16.2. The quantitative estimate of drug-likeness (QED) is 0.873. The molecule has 0 bridgehead atoms. The maximum absolute atomic E-state index is 12.6. The Kier molecular flexibility index (Phi) is 3.58. The van der Waals surface area contributed by atoms with Crippen molar-refractivity contribution in [3.05, 3.63) is 21.9 Å². The minimum atomic E-state index is -0.972. The van der Waals surface area contributed by atoms with Crippen LogP contribution in [0, 0.1) is 10.8 Å². The van der Waals surface area contributed by atoms with Gasteiger partial charge in [-0.1, -0.05) is 0 Å². The van der Waals surface area contributed by atoms with E-state index in [4.69, 9.17) is 0 Å². The van der Waals surface area contributed by atoms with Gasteiger partial charge in [-0.3, -0.25) is 14.5 Å². The normalized spacial score (nSPS) is 21.2. The molecule has 21 heavy (non-hydrogen) atoms. The smallest absolute Gasteiger partial charge is 0.236 e. The summed E-state index contributed by atoms with van der Waals surface area (Å²) in [5.41, 5.74) is -1.56. The fourth-order valence-electron chi connectivity index (χ4n) is 2.61. The minimum absolute atomic E-state index is 0.148. The first-order valence-electron chi connectivity index (χ1n) is 7.06. The second-order valence-corrected chi connectivity index (χ2v) is 8.20. The second-order valence-electron chi connectivity index (χ2n) is 7.28. The Labute approximate surface area is 129 Å². The Balaban J connectivity index is 2.36. The van der Waals surface area contributed by atoms with Crippen molar-refractivity contribution >= 4 is 23.2 Å². The summed E-state index contributed by atoms with van der Waals surface area (Å²) in [6.45, 7) is 10.9. The lowest BCUT2D eigenvalue weighted by Crippen LogP contribution is -2.35. The Morgan fingerprint density at radius 3 is 2.05 bits per heavy atom. The van der Waals surface area contributed by atoms with Crippen molar-refractivity contribution in [1.82, 2.24) is 4.90 Å². The van der Waals surface area contributed by atoms with Crippen molar-refractivity contribution in [3.8, 4) is 0 Å². The third kappa shape index (κ3) is 2.32. The molecule has 2 heterocycles. The Hall–Kier alpha value is -1.20. The minimum Gasteiger partial charge on any atom is -0.385 e. The molecule has 0 spiro atoms. The van der Waals surface area contributed by atoms with Gasteiger partial charge in [-0.2, -0.15) is 0 Å². The van der Waals surface area contributed by atoms with E-state index < -0.39 is 16.4 Å². The van der Waals surface area contributed by atoms with Crippen LogP contribution in [-0.2, 0) is 21.7 Å². The maximum Gasteiger partial charge on any atom is 0.236 e. The first-order valence-corrected chi connectivity index (χ1v) is 7.94. The number of amides is 2. The van der Waals surface area contributed by atoms with Gasteiger partial charge in [0, 0.05) is 4.88 Å². The molecule has 5 heteroatoms. The van der Waals surface area contributed by atoms with E-state index in [-0.39, 0.29) is 18.4 Å². The molecule has 2 amide bonds. The van der Waals surface area contributed by atoms with Gasteiger partial charge in [0.2, 0.25) is 11.8 Å². The molecule has 1 aliphatic rings. The maximum atomic E-state index is 12.6. The van der Waals surface area contributed by atoms with Crippen molar-refractivity contribution < 1.29 is 14.7 Å². The molecule has 1 aromatic heterocycles. The fraction of sp³-hybridized carbons (Fsp3) is 0.625. The number of nitrogens with zero attached hydrogens (tertiary/aromatic N) is 1. The van der Waals surface area contributed by atoms with Crippen LogP contribution in [0.4, 0.5) is 0 Å². The zero-order valence-electron chi connectivity index (χ0n) is 13.5. The molecular weight excluding hydrogens is 286 g/mol. The van der Waals surface area contributed by atoms with E-state index in [1.807, 2.05) is 39.1 Å². The summed E-state index contributed by atoms with van der Waals surface area (Å²) in [6, 6.07) is 1.87. The van der Waals surface area contributed by atoms with E-state index in [9.17, 15) is 14.7 Å². The summed E-state index contributed by atoms with van der Waals surface area (Å²) in [5, 5.41) is 12.1. The molecule has 1 aliphatic heterocycles. The summed E-state index contributed by atoms with van der Waals surface area (Å²) >= 11 is 1.44. The van der Waals surface area contributed by atoms with Crippen LogP contribution in [0.1, 0.15) is 52.0 Å². The molecule has 0 aromatic carbocycles. The van der Waals surface area contributed by atoms with Crippen LogP contribution in [-0.4, -0.2) is 21.8 Å². The average molecular weight is 309 g/mol. The lowest BCUT2D eigenvalue weighted by Gasteiger charge is -2.28. The standard InChI is InChI=1S/C16H23NO3S/c1-14(2)12(18)17(13(19)15(14,3)4)9-10-7-8-21-11(10)16(5,6)20/h7-8,20H,9H2,1-6H3. The molecule has 0 radical (unpaired) electrons. The van der Waals surface area contributed by atoms with E-state index in [2.05, 4.69) is 0 Å². The zero-order chi connectivity index (χ0) is 16.2. The molecular formula is C16H23NO3S. The Morgan fingerprint density at radius 2 is 1.62 bits per heavy atom. The molecule has 1 fully saturated rings. The number of carbonyl (C=O) groups is 2. The number of carbonyl (C=O) groups excluding carboxylic acids is 2. The van der Waals surface area contributed by atoms with Gasteiger partial charge in [0.05, 0.1) is 23.0 Å². The van der Waals surface area contributed by atoms with Crippen LogP contribution >= 0.6 is 11.3 Å². The van der Waals surface area contributed by atoms with Crippen molar-refractivity contribution in [2.24, 2.45) is 10.8 Å². The lowest BCUT2D eigenvalue weighted by molar-refractivity contribution is -0.142. The summed E-state index contributed by atoms with van der Waals surface area (Å²) in [6.07, 6.45) is 0. The Bertz CT molecular complexity index is 567. The van der Waals surface area contributed by atoms with Crippen LogP contribution in [0.3, 0.4) is 0 Å². The number of hydrogen-bond acceptors (Lipinski definition) is 4. The largest absolute Gasteiger partial charge is 0.385 e. The molecule has 4 nitrogen and oxygen atoms in total. The summed E-state index contributed by atoms with van der Waals surface area (Å²) in [4.78, 5) is 27.3. The molecule has 0 saturated carbocycles. The molecule has 0 atom stereocenters. The van der Waals surface area contributed by atoms with Gasteiger partial charge in [0.15, 0.2) is 0 Å². The van der Waals surface area contributed by atoms with Crippen molar-refractivity contribution in [2.45, 2.75) is 53.7 Å². The van der Waals surface area contributed by atoms with Crippen LogP contribution < -0.4 is 0 Å². The zero-order valence-corrected chi connectivity index (χ0v) is 14.3. The fourth-order valence-corrected chi connectivity index (χ4v) is 3.55. The topological polar surface area (TPSA) is 57.6 Å². The average Bonchev–Trinajstić information content (AvgIpc) is 2.84. The third-order valence-electron chi connectivity index (χ3n) is 4.75. The van der Waals surface area contributed by atoms with E-state index in [1.54, 1.807) is 13.8 Å². The number of hydrogen-bond donors (Lipinski definition) is 1. The van der Waals surface area contributed by atoms with Gasteiger partial charge in [-0.05, 0) is 58.6 Å². The first-order chi connectivity index (χ1) is 9.40.